The molecule has 4 heteroatoms. The number of carbonyl (C=O) groups is 1. The first-order valence-corrected chi connectivity index (χ1v) is 6.53. The van der Waals surface area contributed by atoms with Crippen molar-refractivity contribution in [1.82, 2.24) is 0 Å². The van der Waals surface area contributed by atoms with Crippen molar-refractivity contribution in [1.29, 1.82) is 0 Å². The van der Waals surface area contributed by atoms with Gasteiger partial charge in [-0.2, -0.15) is 0 Å². The maximum atomic E-state index is 10.9. The molecule has 0 bridgehead atoms. The summed E-state index contributed by atoms with van der Waals surface area (Å²) in [6.07, 6.45) is 0.785. The van der Waals surface area contributed by atoms with E-state index in [1.165, 1.54) is 5.56 Å². The van der Waals surface area contributed by atoms with Gasteiger partial charge in [0.15, 0.2) is 0 Å². The first-order chi connectivity index (χ1) is 8.93. The predicted octanol–water partition coefficient (Wildman–Crippen LogP) is 2.47. The molecular formula is C15H21NO3. The summed E-state index contributed by atoms with van der Waals surface area (Å²) in [5.41, 5.74) is 3.39. The Hall–Kier alpha value is -1.71. The summed E-state index contributed by atoms with van der Waals surface area (Å²) in [7, 11) is 3.67. The molecule has 0 heterocycles. The maximum Gasteiger partial charge on any atom is 0.306 e. The lowest BCUT2D eigenvalue weighted by Gasteiger charge is -2.24. The van der Waals surface area contributed by atoms with Gasteiger partial charge in [-0.05, 0) is 43.4 Å². The number of aryl methyl sites for hydroxylation is 2. The Labute approximate surface area is 114 Å². The van der Waals surface area contributed by atoms with Crippen molar-refractivity contribution in [2.75, 3.05) is 25.6 Å². The molecule has 0 aliphatic heterocycles. The van der Waals surface area contributed by atoms with Crippen molar-refractivity contribution in [3.63, 3.8) is 0 Å². The van der Waals surface area contributed by atoms with Crippen molar-refractivity contribution in [3.05, 3.63) is 23.3 Å². The van der Waals surface area contributed by atoms with Crippen LogP contribution in [-0.2, 0) is 4.79 Å². The zero-order valence-electron chi connectivity index (χ0n) is 11.9. The van der Waals surface area contributed by atoms with Crippen LogP contribution in [0.25, 0.3) is 0 Å². The molecule has 1 aliphatic carbocycles. The van der Waals surface area contributed by atoms with Crippen LogP contribution in [0.4, 0.5) is 5.69 Å². The lowest BCUT2D eigenvalue weighted by molar-refractivity contribution is -0.138. The van der Waals surface area contributed by atoms with Gasteiger partial charge in [-0.15, -0.1) is 0 Å². The Kier molecular flexibility index (Phi) is 3.69. The Balaban J connectivity index is 2.15. The van der Waals surface area contributed by atoms with E-state index in [2.05, 4.69) is 17.9 Å². The molecule has 4 nitrogen and oxygen atoms in total. The third kappa shape index (κ3) is 2.83. The minimum absolute atomic E-state index is 0.167. The highest BCUT2D eigenvalue weighted by Gasteiger charge is 2.43. The molecule has 0 amide bonds. The molecule has 1 fully saturated rings. The molecule has 2 atom stereocenters. The Morgan fingerprint density at radius 1 is 1.47 bits per heavy atom. The Bertz CT molecular complexity index is 498. The molecular weight excluding hydrogens is 242 g/mol. The van der Waals surface area contributed by atoms with E-state index in [1.807, 2.05) is 20.0 Å². The van der Waals surface area contributed by atoms with Crippen LogP contribution in [0.3, 0.4) is 0 Å². The van der Waals surface area contributed by atoms with Gasteiger partial charge in [-0.25, -0.2) is 0 Å². The van der Waals surface area contributed by atoms with E-state index >= 15 is 0 Å². The highest BCUT2D eigenvalue weighted by molar-refractivity contribution is 5.74. The summed E-state index contributed by atoms with van der Waals surface area (Å²) in [6, 6.07) is 4.14. The molecule has 19 heavy (non-hydrogen) atoms. The minimum Gasteiger partial charge on any atom is -0.495 e. The largest absolute Gasteiger partial charge is 0.495 e. The van der Waals surface area contributed by atoms with E-state index in [0.29, 0.717) is 0 Å². The molecule has 0 aromatic heterocycles. The van der Waals surface area contributed by atoms with Gasteiger partial charge in [0, 0.05) is 13.6 Å². The molecule has 1 aliphatic rings. The van der Waals surface area contributed by atoms with Crippen molar-refractivity contribution < 1.29 is 14.6 Å². The van der Waals surface area contributed by atoms with Crippen molar-refractivity contribution in [3.8, 4) is 5.75 Å². The molecule has 0 saturated heterocycles. The summed E-state index contributed by atoms with van der Waals surface area (Å²) in [5.74, 6) is 0.269. The molecule has 2 unspecified atom stereocenters. The summed E-state index contributed by atoms with van der Waals surface area (Å²) in [5, 5.41) is 8.96. The number of carboxylic acid groups (broad SMARTS) is 1. The highest BCUT2D eigenvalue weighted by atomic mass is 16.5. The quantitative estimate of drug-likeness (QED) is 0.886. The SMILES string of the molecule is COc1cc(C)cc(C)c1N(C)CC1CC1C(=O)O. The molecule has 1 aromatic carbocycles. The van der Waals surface area contributed by atoms with Gasteiger partial charge in [0.1, 0.15) is 5.75 Å². The van der Waals surface area contributed by atoms with Gasteiger partial charge in [0.2, 0.25) is 0 Å². The highest BCUT2D eigenvalue weighted by Crippen LogP contribution is 2.41. The summed E-state index contributed by atoms with van der Waals surface area (Å²) in [6.45, 7) is 4.86. The van der Waals surface area contributed by atoms with Crippen LogP contribution in [0.5, 0.6) is 5.75 Å². The second-order valence-electron chi connectivity index (χ2n) is 5.45. The first kappa shape index (κ1) is 13.7. The van der Waals surface area contributed by atoms with E-state index in [4.69, 9.17) is 9.84 Å². The van der Waals surface area contributed by atoms with E-state index in [1.54, 1.807) is 7.11 Å². The predicted molar refractivity (Wildman–Crippen MR) is 75.0 cm³/mol. The van der Waals surface area contributed by atoms with Crippen LogP contribution in [0.2, 0.25) is 0 Å². The fourth-order valence-corrected chi connectivity index (χ4v) is 2.76. The fraction of sp³-hybridized carbons (Fsp3) is 0.533. The monoisotopic (exact) mass is 263 g/mol. The van der Waals surface area contributed by atoms with Crippen LogP contribution < -0.4 is 9.64 Å². The van der Waals surface area contributed by atoms with Crippen molar-refractivity contribution in [2.24, 2.45) is 11.8 Å². The lowest BCUT2D eigenvalue weighted by Crippen LogP contribution is -2.23. The van der Waals surface area contributed by atoms with Crippen LogP contribution in [0.15, 0.2) is 12.1 Å². The minimum atomic E-state index is -0.675. The van der Waals surface area contributed by atoms with Crippen LogP contribution in [-0.4, -0.2) is 31.8 Å². The summed E-state index contributed by atoms with van der Waals surface area (Å²) < 4.78 is 5.45. The number of rotatable bonds is 5. The van der Waals surface area contributed by atoms with Gasteiger partial charge in [-0.1, -0.05) is 6.07 Å². The summed E-state index contributed by atoms with van der Waals surface area (Å²) in [4.78, 5) is 13.0. The van der Waals surface area contributed by atoms with E-state index in [-0.39, 0.29) is 11.8 Å². The number of benzene rings is 1. The van der Waals surface area contributed by atoms with E-state index in [9.17, 15) is 4.79 Å². The number of hydrogen-bond donors (Lipinski definition) is 1. The smallest absolute Gasteiger partial charge is 0.306 e. The van der Waals surface area contributed by atoms with Crippen molar-refractivity contribution in [2.45, 2.75) is 20.3 Å². The standard InChI is InChI=1S/C15H21NO3/c1-9-5-10(2)14(13(6-9)19-4)16(3)8-11-7-12(11)15(17)18/h5-6,11-12H,7-8H2,1-4H3,(H,17,18). The molecule has 0 spiro atoms. The van der Waals surface area contributed by atoms with Gasteiger partial charge < -0.3 is 14.7 Å². The van der Waals surface area contributed by atoms with Crippen LogP contribution in [0.1, 0.15) is 17.5 Å². The zero-order chi connectivity index (χ0) is 14.2. The molecule has 0 radical (unpaired) electrons. The molecule has 2 rings (SSSR count). The molecule has 1 aromatic rings. The normalized spacial score (nSPS) is 21.1. The number of aliphatic carboxylic acids is 1. The molecule has 1 N–H and O–H groups in total. The number of methoxy groups -OCH3 is 1. The average Bonchev–Trinajstić information content (AvgIpc) is 3.06. The van der Waals surface area contributed by atoms with Gasteiger partial charge in [-0.3, -0.25) is 4.79 Å². The average molecular weight is 263 g/mol. The zero-order valence-corrected chi connectivity index (χ0v) is 11.9. The number of ether oxygens (including phenoxy) is 1. The number of carboxylic acids is 1. The third-order valence-corrected chi connectivity index (χ3v) is 3.76. The fourth-order valence-electron chi connectivity index (χ4n) is 2.76. The third-order valence-electron chi connectivity index (χ3n) is 3.76. The van der Waals surface area contributed by atoms with Gasteiger partial charge >= 0.3 is 5.97 Å². The molecule has 1 saturated carbocycles. The van der Waals surface area contributed by atoms with E-state index in [0.717, 1.165) is 30.0 Å². The first-order valence-electron chi connectivity index (χ1n) is 6.53. The van der Waals surface area contributed by atoms with Crippen LogP contribution in [0, 0.1) is 25.7 Å². The topological polar surface area (TPSA) is 49.8 Å². The lowest BCUT2D eigenvalue weighted by atomic mass is 10.1. The van der Waals surface area contributed by atoms with Gasteiger partial charge in [0.25, 0.3) is 0 Å². The van der Waals surface area contributed by atoms with Crippen molar-refractivity contribution >= 4 is 11.7 Å². The number of hydrogen-bond acceptors (Lipinski definition) is 3. The van der Waals surface area contributed by atoms with E-state index < -0.39 is 5.97 Å². The van der Waals surface area contributed by atoms with Crippen LogP contribution >= 0.6 is 0 Å². The Morgan fingerprint density at radius 2 is 2.16 bits per heavy atom. The second kappa shape index (κ2) is 5.11. The summed E-state index contributed by atoms with van der Waals surface area (Å²) >= 11 is 0. The molecule has 104 valence electrons. The number of nitrogens with zero attached hydrogens (tertiary/aromatic N) is 1. The van der Waals surface area contributed by atoms with Gasteiger partial charge in [0.05, 0.1) is 18.7 Å². The number of anilines is 1. The Morgan fingerprint density at radius 3 is 2.68 bits per heavy atom. The second-order valence-corrected chi connectivity index (χ2v) is 5.45. The maximum absolute atomic E-state index is 10.9.